The van der Waals surface area contributed by atoms with E-state index in [1.165, 1.54) is 13.0 Å². The number of benzene rings is 2. The Hall–Kier alpha value is -2.88. The molecule has 4 heteroatoms. The number of fused-ring (bicyclic) bond motifs is 1. The molecule has 0 aliphatic carbocycles. The van der Waals surface area contributed by atoms with Crippen LogP contribution in [0.5, 0.6) is 0 Å². The van der Waals surface area contributed by atoms with Crippen molar-refractivity contribution in [2.24, 2.45) is 0 Å². The Balaban J connectivity index is 2.61. The first-order valence-corrected chi connectivity index (χ1v) is 6.33. The molecule has 0 saturated heterocycles. The lowest BCUT2D eigenvalue weighted by molar-refractivity contribution is -0.132. The summed E-state index contributed by atoms with van der Waals surface area (Å²) in [7, 11) is 0. The number of hydrogen-bond donors (Lipinski definition) is 2. The quantitative estimate of drug-likeness (QED) is 0.666. The summed E-state index contributed by atoms with van der Waals surface area (Å²) in [6.07, 6.45) is 2.39. The highest BCUT2D eigenvalue weighted by molar-refractivity contribution is 6.02. The van der Waals surface area contributed by atoms with Gasteiger partial charge in [-0.05, 0) is 34.9 Å². The Kier molecular flexibility index (Phi) is 4.18. The fraction of sp³-hybridized carbons (Fsp3) is 0.0588. The van der Waals surface area contributed by atoms with Crippen LogP contribution in [0.25, 0.3) is 16.8 Å². The van der Waals surface area contributed by atoms with Crippen LogP contribution in [0, 0.1) is 0 Å². The van der Waals surface area contributed by atoms with Gasteiger partial charge in [-0.1, -0.05) is 42.5 Å². The maximum Gasteiger partial charge on any atom is 0.335 e. The van der Waals surface area contributed by atoms with Crippen molar-refractivity contribution in [3.8, 4) is 0 Å². The van der Waals surface area contributed by atoms with E-state index in [2.05, 4.69) is 0 Å². The molecule has 0 saturated carbocycles. The van der Waals surface area contributed by atoms with Gasteiger partial charge in [-0.15, -0.1) is 0 Å². The van der Waals surface area contributed by atoms with Gasteiger partial charge in [-0.2, -0.15) is 0 Å². The van der Waals surface area contributed by atoms with Gasteiger partial charge in [0.25, 0.3) is 0 Å². The van der Waals surface area contributed by atoms with Gasteiger partial charge in [-0.3, -0.25) is 0 Å². The van der Waals surface area contributed by atoms with Crippen LogP contribution in [-0.4, -0.2) is 22.2 Å². The van der Waals surface area contributed by atoms with Gasteiger partial charge < -0.3 is 10.2 Å². The molecule has 0 heterocycles. The summed E-state index contributed by atoms with van der Waals surface area (Å²) >= 11 is 0. The monoisotopic (exact) mass is 282 g/mol. The fourth-order valence-electron chi connectivity index (χ4n) is 2.14. The third-order valence-corrected chi connectivity index (χ3v) is 3.12. The summed E-state index contributed by atoms with van der Waals surface area (Å²) in [6, 6.07) is 13.2. The normalized spacial score (nSPS) is 12.4. The summed E-state index contributed by atoms with van der Waals surface area (Å²) in [5.74, 6) is -2.32. The molecular formula is C17H14O4. The summed E-state index contributed by atoms with van der Waals surface area (Å²) in [5, 5.41) is 20.0. The molecule has 0 spiro atoms. The number of rotatable bonds is 4. The molecule has 2 rings (SSSR count). The van der Waals surface area contributed by atoms with Gasteiger partial charge in [0.1, 0.15) is 0 Å². The molecule has 0 bridgehead atoms. The van der Waals surface area contributed by atoms with E-state index in [4.69, 9.17) is 5.11 Å². The molecule has 21 heavy (non-hydrogen) atoms. The largest absolute Gasteiger partial charge is 0.478 e. The SMILES string of the molecule is CC(=CC(=O)O)C(=Cc1cccc2ccccc12)C(=O)O. The van der Waals surface area contributed by atoms with Crippen LogP contribution in [-0.2, 0) is 9.59 Å². The molecule has 0 aliphatic heterocycles. The van der Waals surface area contributed by atoms with Crippen molar-refractivity contribution >= 4 is 28.8 Å². The van der Waals surface area contributed by atoms with E-state index >= 15 is 0 Å². The minimum atomic E-state index is -1.17. The highest BCUT2D eigenvalue weighted by atomic mass is 16.4. The molecular weight excluding hydrogens is 268 g/mol. The highest BCUT2D eigenvalue weighted by Crippen LogP contribution is 2.23. The molecule has 0 aliphatic rings. The van der Waals surface area contributed by atoms with Crippen LogP contribution < -0.4 is 0 Å². The van der Waals surface area contributed by atoms with Crippen molar-refractivity contribution in [2.45, 2.75) is 6.92 Å². The maximum atomic E-state index is 11.4. The number of carboxylic acids is 2. The zero-order valence-corrected chi connectivity index (χ0v) is 11.4. The molecule has 0 fully saturated rings. The molecule has 0 atom stereocenters. The van der Waals surface area contributed by atoms with Gasteiger partial charge in [0, 0.05) is 6.08 Å². The van der Waals surface area contributed by atoms with Crippen molar-refractivity contribution in [3.05, 3.63) is 65.3 Å². The summed E-state index contributed by atoms with van der Waals surface area (Å²) < 4.78 is 0. The van der Waals surface area contributed by atoms with Crippen molar-refractivity contribution < 1.29 is 19.8 Å². The molecule has 0 radical (unpaired) electrons. The topological polar surface area (TPSA) is 74.6 Å². The first-order valence-electron chi connectivity index (χ1n) is 6.33. The van der Waals surface area contributed by atoms with Crippen molar-refractivity contribution in [2.75, 3.05) is 0 Å². The van der Waals surface area contributed by atoms with Crippen LogP contribution in [0.15, 0.2) is 59.7 Å². The highest BCUT2D eigenvalue weighted by Gasteiger charge is 2.11. The third kappa shape index (κ3) is 3.36. The van der Waals surface area contributed by atoms with E-state index < -0.39 is 11.9 Å². The van der Waals surface area contributed by atoms with Crippen LogP contribution in [0.3, 0.4) is 0 Å². The van der Waals surface area contributed by atoms with E-state index in [0.29, 0.717) is 0 Å². The first kappa shape index (κ1) is 14.5. The Morgan fingerprint density at radius 3 is 2.33 bits per heavy atom. The molecule has 2 N–H and O–H groups in total. The zero-order valence-electron chi connectivity index (χ0n) is 11.4. The number of carboxylic acid groups (broad SMARTS) is 2. The standard InChI is InChI=1S/C17H14O4/c1-11(9-16(18)19)15(17(20)21)10-13-7-4-6-12-5-2-3-8-14(12)13/h2-10H,1H3,(H,18,19)(H,20,21). The van der Waals surface area contributed by atoms with Crippen LogP contribution in [0.2, 0.25) is 0 Å². The summed E-state index contributed by atoms with van der Waals surface area (Å²) in [5.41, 5.74) is 0.903. The lowest BCUT2D eigenvalue weighted by Gasteiger charge is -2.05. The molecule has 4 nitrogen and oxygen atoms in total. The van der Waals surface area contributed by atoms with Gasteiger partial charge in [0.15, 0.2) is 0 Å². The predicted octanol–water partition coefficient (Wildman–Crippen LogP) is 3.34. The second-order valence-electron chi connectivity index (χ2n) is 4.60. The minimum Gasteiger partial charge on any atom is -0.478 e. The van der Waals surface area contributed by atoms with Gasteiger partial charge >= 0.3 is 11.9 Å². The summed E-state index contributed by atoms with van der Waals surface area (Å²) in [4.78, 5) is 22.1. The Morgan fingerprint density at radius 1 is 1.00 bits per heavy atom. The van der Waals surface area contributed by atoms with E-state index in [0.717, 1.165) is 22.4 Å². The minimum absolute atomic E-state index is 0.0336. The van der Waals surface area contributed by atoms with E-state index in [1.807, 2.05) is 36.4 Å². The van der Waals surface area contributed by atoms with Crippen molar-refractivity contribution in [1.82, 2.24) is 0 Å². The van der Waals surface area contributed by atoms with E-state index in [9.17, 15) is 14.7 Å². The molecule has 0 amide bonds. The Bertz CT molecular complexity index is 764. The smallest absolute Gasteiger partial charge is 0.335 e. The van der Waals surface area contributed by atoms with Gasteiger partial charge in [0.2, 0.25) is 0 Å². The van der Waals surface area contributed by atoms with Crippen molar-refractivity contribution in [1.29, 1.82) is 0 Å². The molecule has 2 aromatic carbocycles. The summed E-state index contributed by atoms with van der Waals surface area (Å²) in [6.45, 7) is 1.47. The average Bonchev–Trinajstić information content (AvgIpc) is 2.43. The lowest BCUT2D eigenvalue weighted by atomic mass is 9.99. The van der Waals surface area contributed by atoms with Crippen molar-refractivity contribution in [3.63, 3.8) is 0 Å². The number of hydrogen-bond acceptors (Lipinski definition) is 2. The fourth-order valence-corrected chi connectivity index (χ4v) is 2.14. The van der Waals surface area contributed by atoms with E-state index in [1.54, 1.807) is 6.07 Å². The van der Waals surface area contributed by atoms with Crippen LogP contribution in [0.1, 0.15) is 12.5 Å². The Morgan fingerprint density at radius 2 is 1.67 bits per heavy atom. The Labute approximate surface area is 121 Å². The predicted molar refractivity (Wildman–Crippen MR) is 81.0 cm³/mol. The average molecular weight is 282 g/mol. The number of aliphatic carboxylic acids is 2. The lowest BCUT2D eigenvalue weighted by Crippen LogP contribution is -2.03. The second-order valence-corrected chi connectivity index (χ2v) is 4.60. The van der Waals surface area contributed by atoms with Gasteiger partial charge in [-0.25, -0.2) is 9.59 Å². The van der Waals surface area contributed by atoms with Crippen LogP contribution >= 0.6 is 0 Å². The molecule has 2 aromatic rings. The van der Waals surface area contributed by atoms with Crippen LogP contribution in [0.4, 0.5) is 0 Å². The molecule has 0 aromatic heterocycles. The molecule has 0 unspecified atom stereocenters. The zero-order chi connectivity index (χ0) is 15.4. The molecule has 106 valence electrons. The third-order valence-electron chi connectivity index (χ3n) is 3.12. The second kappa shape index (κ2) is 6.05. The van der Waals surface area contributed by atoms with Gasteiger partial charge in [0.05, 0.1) is 5.57 Å². The number of carbonyl (C=O) groups is 2. The first-order chi connectivity index (χ1) is 9.99. The maximum absolute atomic E-state index is 11.4. The van der Waals surface area contributed by atoms with E-state index in [-0.39, 0.29) is 11.1 Å².